The molecule has 0 saturated heterocycles. The Bertz CT molecular complexity index is 732. The van der Waals surface area contributed by atoms with Gasteiger partial charge < -0.3 is 4.52 Å². The first kappa shape index (κ1) is 14.7. The Kier molecular flexibility index (Phi) is 2.79. The molecule has 0 spiro atoms. The van der Waals surface area contributed by atoms with Crippen LogP contribution in [0.4, 0.5) is 13.2 Å². The molecule has 0 amide bonds. The van der Waals surface area contributed by atoms with Gasteiger partial charge in [0.2, 0.25) is 5.89 Å². The van der Waals surface area contributed by atoms with Gasteiger partial charge in [-0.1, -0.05) is 49.3 Å². The molecule has 4 rings (SSSR count). The largest absolute Gasteiger partial charge is 0.401 e. The van der Waals surface area contributed by atoms with Crippen LogP contribution in [0.5, 0.6) is 0 Å². The molecule has 1 aromatic carbocycles. The quantitative estimate of drug-likeness (QED) is 0.831. The van der Waals surface area contributed by atoms with E-state index in [9.17, 15) is 13.2 Å². The van der Waals surface area contributed by atoms with Gasteiger partial charge in [0.25, 0.3) is 0 Å². The monoisotopic (exact) mass is 322 g/mol. The normalized spacial score (nSPS) is 27.7. The highest BCUT2D eigenvalue weighted by Gasteiger charge is 2.68. The Labute approximate surface area is 131 Å². The van der Waals surface area contributed by atoms with E-state index < -0.39 is 11.6 Å². The van der Waals surface area contributed by atoms with E-state index in [1.165, 1.54) is 0 Å². The Morgan fingerprint density at radius 2 is 1.74 bits per heavy atom. The Balaban J connectivity index is 1.64. The van der Waals surface area contributed by atoms with Crippen molar-refractivity contribution in [3.05, 3.63) is 47.6 Å². The average molecular weight is 322 g/mol. The van der Waals surface area contributed by atoms with Crippen molar-refractivity contribution in [2.75, 3.05) is 0 Å². The zero-order valence-electron chi connectivity index (χ0n) is 12.9. The van der Waals surface area contributed by atoms with E-state index >= 15 is 0 Å². The molecule has 0 unspecified atom stereocenters. The number of rotatable bonds is 3. The summed E-state index contributed by atoms with van der Waals surface area (Å²) in [7, 11) is 0. The summed E-state index contributed by atoms with van der Waals surface area (Å²) in [6, 6.07) is 9.92. The molecule has 1 heterocycles. The highest BCUT2D eigenvalue weighted by molar-refractivity contribution is 5.37. The molecule has 2 atom stereocenters. The first-order valence-electron chi connectivity index (χ1n) is 7.73. The molecule has 3 nitrogen and oxygen atoms in total. The Morgan fingerprint density at radius 1 is 1.09 bits per heavy atom. The predicted octanol–water partition coefficient (Wildman–Crippen LogP) is 4.57. The molecule has 0 aliphatic heterocycles. The number of hydrogen-bond acceptors (Lipinski definition) is 3. The van der Waals surface area contributed by atoms with Crippen LogP contribution in [0.2, 0.25) is 0 Å². The van der Waals surface area contributed by atoms with E-state index in [1.54, 1.807) is 0 Å². The highest BCUT2D eigenvalue weighted by atomic mass is 19.4. The molecule has 0 bridgehead atoms. The van der Waals surface area contributed by atoms with Gasteiger partial charge in [-0.3, -0.25) is 0 Å². The van der Waals surface area contributed by atoms with Crippen LogP contribution in [-0.4, -0.2) is 16.3 Å². The van der Waals surface area contributed by atoms with Crippen LogP contribution in [-0.2, 0) is 5.41 Å². The molecule has 2 aliphatic carbocycles. The lowest BCUT2D eigenvalue weighted by Gasteiger charge is -2.14. The lowest BCUT2D eigenvalue weighted by Crippen LogP contribution is -2.29. The first-order valence-corrected chi connectivity index (χ1v) is 7.73. The van der Waals surface area contributed by atoms with Gasteiger partial charge in [-0.15, -0.1) is 0 Å². The minimum absolute atomic E-state index is 0.0322. The second-order valence-electron chi connectivity index (χ2n) is 7.22. The van der Waals surface area contributed by atoms with E-state index in [2.05, 4.69) is 24.0 Å². The van der Waals surface area contributed by atoms with Crippen molar-refractivity contribution in [3.8, 4) is 0 Å². The minimum Gasteiger partial charge on any atom is -0.339 e. The van der Waals surface area contributed by atoms with Crippen LogP contribution in [0.1, 0.15) is 55.8 Å². The molecule has 2 aliphatic rings. The lowest BCUT2D eigenvalue weighted by atomic mass is 10.0. The van der Waals surface area contributed by atoms with Crippen molar-refractivity contribution >= 4 is 0 Å². The molecule has 122 valence electrons. The summed E-state index contributed by atoms with van der Waals surface area (Å²) >= 11 is 0. The zero-order valence-corrected chi connectivity index (χ0v) is 12.9. The van der Waals surface area contributed by atoms with Gasteiger partial charge in [-0.25, -0.2) is 0 Å². The third-order valence-corrected chi connectivity index (χ3v) is 5.41. The molecule has 23 heavy (non-hydrogen) atoms. The molecule has 0 N–H and O–H groups in total. The summed E-state index contributed by atoms with van der Waals surface area (Å²) in [6.07, 6.45) is -4.22. The van der Waals surface area contributed by atoms with Crippen molar-refractivity contribution in [1.29, 1.82) is 0 Å². The number of aromatic nitrogens is 2. The van der Waals surface area contributed by atoms with Crippen LogP contribution in [0, 0.1) is 5.41 Å². The molecule has 1 aromatic heterocycles. The van der Waals surface area contributed by atoms with Crippen LogP contribution in [0.25, 0.3) is 0 Å². The third-order valence-electron chi connectivity index (χ3n) is 5.41. The van der Waals surface area contributed by atoms with Gasteiger partial charge in [0.05, 0.1) is 5.92 Å². The standard InChI is InChI=1S/C17H17F3N2O/c1-15(2)11(10-6-4-3-5-7-10)12(15)13-21-14(22-23-13)16(8-9-16)17(18,19)20/h3-7,11-12H,8-9H2,1-2H3/t11-,12+/m0/s1. The van der Waals surface area contributed by atoms with Crippen molar-refractivity contribution < 1.29 is 17.7 Å². The number of halogens is 3. The fraction of sp³-hybridized carbons (Fsp3) is 0.529. The molecular weight excluding hydrogens is 305 g/mol. The van der Waals surface area contributed by atoms with Crippen LogP contribution in [0.3, 0.4) is 0 Å². The van der Waals surface area contributed by atoms with Crippen LogP contribution in [0.15, 0.2) is 34.9 Å². The van der Waals surface area contributed by atoms with Crippen molar-refractivity contribution in [2.24, 2.45) is 5.41 Å². The maximum absolute atomic E-state index is 13.2. The summed E-state index contributed by atoms with van der Waals surface area (Å²) < 4.78 is 44.8. The maximum atomic E-state index is 13.2. The lowest BCUT2D eigenvalue weighted by molar-refractivity contribution is -0.162. The summed E-state index contributed by atoms with van der Waals surface area (Å²) in [6.45, 7) is 4.16. The fourth-order valence-electron chi connectivity index (χ4n) is 3.70. The molecule has 2 saturated carbocycles. The topological polar surface area (TPSA) is 38.9 Å². The molecular formula is C17H17F3N2O. The summed E-state index contributed by atoms with van der Waals surface area (Å²) in [5.41, 5.74) is -0.824. The number of nitrogens with zero attached hydrogens (tertiary/aromatic N) is 2. The van der Waals surface area contributed by atoms with E-state index in [0.717, 1.165) is 5.56 Å². The van der Waals surface area contributed by atoms with E-state index in [0.29, 0.717) is 5.89 Å². The van der Waals surface area contributed by atoms with Crippen LogP contribution >= 0.6 is 0 Å². The Hall–Kier alpha value is -1.85. The molecule has 6 heteroatoms. The predicted molar refractivity (Wildman–Crippen MR) is 77.0 cm³/mol. The highest BCUT2D eigenvalue weighted by Crippen LogP contribution is 2.69. The number of benzene rings is 1. The SMILES string of the molecule is CC1(C)[C@@H](c2ccccc2)[C@@H]1c1nc(C2(C(F)(F)F)CC2)no1. The van der Waals surface area contributed by atoms with Crippen molar-refractivity contribution in [2.45, 2.75) is 50.1 Å². The van der Waals surface area contributed by atoms with Crippen molar-refractivity contribution in [1.82, 2.24) is 10.1 Å². The van der Waals surface area contributed by atoms with Crippen molar-refractivity contribution in [3.63, 3.8) is 0 Å². The number of alkyl halides is 3. The van der Waals surface area contributed by atoms with Gasteiger partial charge in [0.1, 0.15) is 5.41 Å². The summed E-state index contributed by atoms with van der Waals surface area (Å²) in [4.78, 5) is 4.15. The van der Waals surface area contributed by atoms with Gasteiger partial charge in [-0.05, 0) is 23.8 Å². The fourth-order valence-corrected chi connectivity index (χ4v) is 3.70. The molecule has 2 fully saturated rings. The van der Waals surface area contributed by atoms with Gasteiger partial charge in [-0.2, -0.15) is 18.2 Å². The minimum atomic E-state index is -4.31. The molecule has 0 radical (unpaired) electrons. The number of hydrogen-bond donors (Lipinski definition) is 0. The first-order chi connectivity index (χ1) is 10.8. The van der Waals surface area contributed by atoms with Gasteiger partial charge in [0.15, 0.2) is 5.82 Å². The second kappa shape index (κ2) is 4.36. The smallest absolute Gasteiger partial charge is 0.339 e. The average Bonchev–Trinajstić information content (AvgIpc) is 3.34. The zero-order chi connectivity index (χ0) is 16.5. The van der Waals surface area contributed by atoms with Crippen LogP contribution < -0.4 is 0 Å². The van der Waals surface area contributed by atoms with Gasteiger partial charge >= 0.3 is 6.18 Å². The molecule has 2 aromatic rings. The third kappa shape index (κ3) is 2.03. The summed E-state index contributed by atoms with van der Waals surface area (Å²) in [5.74, 6) is 0.289. The summed E-state index contributed by atoms with van der Waals surface area (Å²) in [5, 5.41) is 3.67. The van der Waals surface area contributed by atoms with E-state index in [1.807, 2.05) is 30.3 Å². The van der Waals surface area contributed by atoms with E-state index in [-0.39, 0.29) is 35.9 Å². The Morgan fingerprint density at radius 3 is 2.30 bits per heavy atom. The van der Waals surface area contributed by atoms with E-state index in [4.69, 9.17) is 4.52 Å². The maximum Gasteiger partial charge on any atom is 0.401 e. The second-order valence-corrected chi connectivity index (χ2v) is 7.22. The van der Waals surface area contributed by atoms with Gasteiger partial charge in [0, 0.05) is 5.92 Å².